The summed E-state index contributed by atoms with van der Waals surface area (Å²) in [6, 6.07) is 17.9. The van der Waals surface area contributed by atoms with Gasteiger partial charge < -0.3 is 10.6 Å². The van der Waals surface area contributed by atoms with Gasteiger partial charge in [-0.3, -0.25) is 9.69 Å². The zero-order valence-electron chi connectivity index (χ0n) is 14.4. The van der Waals surface area contributed by atoms with E-state index >= 15 is 0 Å². The first-order chi connectivity index (χ1) is 12.1. The molecule has 1 unspecified atom stereocenters. The molecule has 2 heterocycles. The molecule has 26 heavy (non-hydrogen) atoms. The Morgan fingerprint density at radius 1 is 1.04 bits per heavy atom. The summed E-state index contributed by atoms with van der Waals surface area (Å²) < 4.78 is 0. The van der Waals surface area contributed by atoms with E-state index in [4.69, 9.17) is 17.3 Å². The van der Waals surface area contributed by atoms with Crippen molar-refractivity contribution in [3.05, 3.63) is 65.2 Å². The van der Waals surface area contributed by atoms with Crippen LogP contribution in [0, 0.1) is 0 Å². The van der Waals surface area contributed by atoms with E-state index in [1.807, 2.05) is 47.4 Å². The van der Waals surface area contributed by atoms with E-state index in [9.17, 15) is 4.79 Å². The fraction of sp³-hybridized carbons (Fsp3) is 0.350. The molecule has 0 spiro atoms. The molecule has 2 fully saturated rings. The number of nitrogens with zero attached hydrogens (tertiary/aromatic N) is 2. The molecule has 2 N–H and O–H groups in total. The van der Waals surface area contributed by atoms with Crippen LogP contribution < -0.4 is 10.6 Å². The van der Waals surface area contributed by atoms with Crippen LogP contribution in [0.4, 0.5) is 5.69 Å². The van der Waals surface area contributed by atoms with E-state index in [0.29, 0.717) is 5.02 Å². The minimum atomic E-state index is -0.0845. The van der Waals surface area contributed by atoms with Gasteiger partial charge in [-0.25, -0.2) is 0 Å². The summed E-state index contributed by atoms with van der Waals surface area (Å²) in [6.07, 6.45) is 0.833. The van der Waals surface area contributed by atoms with Crippen LogP contribution in [-0.4, -0.2) is 42.5 Å². The van der Waals surface area contributed by atoms with Gasteiger partial charge in [0.2, 0.25) is 5.91 Å². The Morgan fingerprint density at radius 3 is 2.54 bits per heavy atom. The van der Waals surface area contributed by atoms with Gasteiger partial charge in [0.1, 0.15) is 0 Å². The van der Waals surface area contributed by atoms with E-state index < -0.39 is 0 Å². The van der Waals surface area contributed by atoms with Crippen LogP contribution in [-0.2, 0) is 4.79 Å². The molecule has 0 aliphatic carbocycles. The van der Waals surface area contributed by atoms with Crippen molar-refractivity contribution in [2.24, 2.45) is 5.73 Å². The molecule has 0 aromatic heterocycles. The lowest BCUT2D eigenvalue weighted by Crippen LogP contribution is -2.41. The standard InChI is InChI=1S/C20H22ClN3O.ClH/c21-15-7-4-8-16(11-15)24-10-9-19(20(24)25)23-12-17(18(22)13-23)14-5-2-1-3-6-14;/h1-8,11,17-19H,9-10,12-13,22H2;1H/t17-,18+,19?;/m0./s1. The summed E-state index contributed by atoms with van der Waals surface area (Å²) in [7, 11) is 0. The van der Waals surface area contributed by atoms with E-state index in [0.717, 1.165) is 31.7 Å². The number of nitrogens with two attached hydrogens (primary N) is 1. The molecule has 1 amide bonds. The minimum Gasteiger partial charge on any atom is -0.326 e. The van der Waals surface area contributed by atoms with Crippen LogP contribution >= 0.6 is 24.0 Å². The van der Waals surface area contributed by atoms with Crippen LogP contribution in [0.15, 0.2) is 54.6 Å². The van der Waals surface area contributed by atoms with Gasteiger partial charge in [-0.1, -0.05) is 48.0 Å². The lowest BCUT2D eigenvalue weighted by Gasteiger charge is -2.23. The zero-order chi connectivity index (χ0) is 17.4. The molecule has 2 aliphatic heterocycles. The van der Waals surface area contributed by atoms with E-state index in [-0.39, 0.29) is 36.3 Å². The Morgan fingerprint density at radius 2 is 1.81 bits per heavy atom. The number of hydrogen-bond acceptors (Lipinski definition) is 3. The van der Waals surface area contributed by atoms with Crippen molar-refractivity contribution < 1.29 is 4.79 Å². The lowest BCUT2D eigenvalue weighted by molar-refractivity contribution is -0.121. The highest BCUT2D eigenvalue weighted by Gasteiger charge is 2.42. The average molecular weight is 392 g/mol. The van der Waals surface area contributed by atoms with Crippen LogP contribution in [0.25, 0.3) is 0 Å². The van der Waals surface area contributed by atoms with Gasteiger partial charge in [0.05, 0.1) is 6.04 Å². The second kappa shape index (κ2) is 7.97. The number of carbonyl (C=O) groups excluding carboxylic acids is 1. The van der Waals surface area contributed by atoms with Crippen molar-refractivity contribution in [3.8, 4) is 0 Å². The highest BCUT2D eigenvalue weighted by molar-refractivity contribution is 6.31. The number of benzene rings is 2. The number of anilines is 1. The number of amides is 1. The summed E-state index contributed by atoms with van der Waals surface area (Å²) in [5, 5.41) is 0.654. The maximum absolute atomic E-state index is 13.0. The minimum absolute atomic E-state index is 0. The second-order valence-electron chi connectivity index (χ2n) is 6.91. The predicted octanol–water partition coefficient (Wildman–Crippen LogP) is 3.29. The highest BCUT2D eigenvalue weighted by Crippen LogP contribution is 2.32. The third-order valence-corrected chi connectivity index (χ3v) is 5.59. The summed E-state index contributed by atoms with van der Waals surface area (Å²) in [5.74, 6) is 0.442. The molecule has 0 bridgehead atoms. The molecule has 0 saturated carbocycles. The summed E-state index contributed by atoms with van der Waals surface area (Å²) in [6.45, 7) is 2.33. The summed E-state index contributed by atoms with van der Waals surface area (Å²) >= 11 is 6.08. The van der Waals surface area contributed by atoms with Gasteiger partial charge >= 0.3 is 0 Å². The number of hydrogen-bond donors (Lipinski definition) is 1. The maximum atomic E-state index is 13.0. The molecule has 4 rings (SSSR count). The van der Waals surface area contributed by atoms with E-state index in [1.165, 1.54) is 5.56 Å². The van der Waals surface area contributed by atoms with Crippen LogP contribution in [0.3, 0.4) is 0 Å². The zero-order valence-corrected chi connectivity index (χ0v) is 16.0. The Bertz CT molecular complexity index is 771. The molecular weight excluding hydrogens is 369 g/mol. The van der Waals surface area contributed by atoms with Gasteiger partial charge in [-0.15, -0.1) is 12.4 Å². The van der Waals surface area contributed by atoms with Crippen molar-refractivity contribution in [3.63, 3.8) is 0 Å². The fourth-order valence-electron chi connectivity index (χ4n) is 4.07. The molecule has 2 saturated heterocycles. The quantitative estimate of drug-likeness (QED) is 0.872. The summed E-state index contributed by atoms with van der Waals surface area (Å²) in [5.41, 5.74) is 8.53. The molecule has 2 aliphatic rings. The lowest BCUT2D eigenvalue weighted by atomic mass is 9.95. The van der Waals surface area contributed by atoms with Gasteiger partial charge in [0, 0.05) is 42.3 Å². The smallest absolute Gasteiger partial charge is 0.244 e. The van der Waals surface area contributed by atoms with Gasteiger partial charge in [-0.05, 0) is 30.2 Å². The van der Waals surface area contributed by atoms with E-state index in [1.54, 1.807) is 0 Å². The van der Waals surface area contributed by atoms with Crippen molar-refractivity contribution in [2.75, 3.05) is 24.5 Å². The number of carbonyl (C=O) groups is 1. The maximum Gasteiger partial charge on any atom is 0.244 e. The van der Waals surface area contributed by atoms with Gasteiger partial charge in [-0.2, -0.15) is 0 Å². The molecule has 4 nitrogen and oxygen atoms in total. The van der Waals surface area contributed by atoms with Crippen molar-refractivity contribution in [2.45, 2.75) is 24.4 Å². The molecule has 3 atom stereocenters. The normalized spacial score (nSPS) is 26.2. The van der Waals surface area contributed by atoms with Crippen LogP contribution in [0.2, 0.25) is 5.02 Å². The van der Waals surface area contributed by atoms with Crippen molar-refractivity contribution in [1.82, 2.24) is 4.90 Å². The Kier molecular flexibility index (Phi) is 5.88. The largest absolute Gasteiger partial charge is 0.326 e. The highest BCUT2D eigenvalue weighted by atomic mass is 35.5. The summed E-state index contributed by atoms with van der Waals surface area (Å²) in [4.78, 5) is 17.1. The third-order valence-electron chi connectivity index (χ3n) is 5.36. The van der Waals surface area contributed by atoms with Crippen LogP contribution in [0.1, 0.15) is 17.9 Å². The first kappa shape index (κ1) is 19.2. The van der Waals surface area contributed by atoms with Crippen LogP contribution in [0.5, 0.6) is 0 Å². The van der Waals surface area contributed by atoms with Gasteiger partial charge in [0.25, 0.3) is 0 Å². The molecule has 0 radical (unpaired) electrons. The first-order valence-electron chi connectivity index (χ1n) is 8.75. The third kappa shape index (κ3) is 3.60. The van der Waals surface area contributed by atoms with Crippen molar-refractivity contribution in [1.29, 1.82) is 0 Å². The van der Waals surface area contributed by atoms with E-state index in [2.05, 4.69) is 17.0 Å². The molecule has 2 aromatic rings. The number of likely N-dealkylation sites (tertiary alicyclic amines) is 1. The fourth-order valence-corrected chi connectivity index (χ4v) is 4.26. The second-order valence-corrected chi connectivity index (χ2v) is 7.35. The molecular formula is C20H23Cl2N3O. The predicted molar refractivity (Wildman–Crippen MR) is 108 cm³/mol. The number of rotatable bonds is 3. The van der Waals surface area contributed by atoms with Crippen molar-refractivity contribution >= 4 is 35.6 Å². The molecule has 138 valence electrons. The topological polar surface area (TPSA) is 49.6 Å². The van der Waals surface area contributed by atoms with Gasteiger partial charge in [0.15, 0.2) is 0 Å². The molecule has 6 heteroatoms. The Labute approximate surface area is 165 Å². The Hall–Kier alpha value is -1.59. The SMILES string of the molecule is Cl.N[C@@H]1CN(C2CCN(c3cccc(Cl)c3)C2=O)C[C@H]1c1ccccc1. The molecule has 2 aromatic carbocycles. The first-order valence-corrected chi connectivity index (χ1v) is 9.13. The monoisotopic (exact) mass is 391 g/mol. The average Bonchev–Trinajstić information content (AvgIpc) is 3.18. The number of halogens is 2. The Balaban J connectivity index is 0.00000196.